The number of amides is 1. The summed E-state index contributed by atoms with van der Waals surface area (Å²) in [5.41, 5.74) is 0.453. The fourth-order valence-corrected chi connectivity index (χ4v) is 3.92. The molecule has 1 aromatic carbocycles. The normalized spacial score (nSPS) is 15.4. The monoisotopic (exact) mass is 517 g/mol. The van der Waals surface area contributed by atoms with Crippen LogP contribution in [-0.4, -0.2) is 41.2 Å². The van der Waals surface area contributed by atoms with Crippen molar-refractivity contribution in [3.05, 3.63) is 70.9 Å². The molecule has 1 aliphatic rings. The summed E-state index contributed by atoms with van der Waals surface area (Å²) in [6.45, 7) is 3.85. The zero-order chi connectivity index (χ0) is 26.5. The molecule has 1 unspecified atom stereocenters. The molecule has 2 N–H and O–H groups in total. The van der Waals surface area contributed by atoms with Gasteiger partial charge < -0.3 is 24.8 Å². The summed E-state index contributed by atoms with van der Waals surface area (Å²) in [5, 5.41) is 5.86. The lowest BCUT2D eigenvalue weighted by molar-refractivity contribution is -0.117. The molecule has 2 atom stereocenters. The van der Waals surface area contributed by atoms with E-state index in [0.29, 0.717) is 24.5 Å². The van der Waals surface area contributed by atoms with E-state index in [1.54, 1.807) is 38.4 Å². The summed E-state index contributed by atoms with van der Waals surface area (Å²) in [4.78, 5) is 25.8. The Labute approximate surface area is 211 Å². The van der Waals surface area contributed by atoms with Crippen LogP contribution in [0, 0.1) is 5.82 Å². The molecule has 12 heteroatoms. The highest BCUT2D eigenvalue weighted by molar-refractivity contribution is 5.95. The molecular formula is C25H26F3N5O4. The average molecular weight is 518 g/mol. The average Bonchev–Trinajstić information content (AvgIpc) is 3.42. The van der Waals surface area contributed by atoms with Crippen LogP contribution in [0.5, 0.6) is 6.01 Å². The second-order valence-electron chi connectivity index (χ2n) is 8.30. The van der Waals surface area contributed by atoms with Crippen LogP contribution < -0.4 is 15.4 Å². The number of aromatic nitrogens is 3. The molecule has 196 valence electrons. The minimum atomic E-state index is -2.96. The maximum Gasteiger partial charge on any atom is 0.318 e. The molecule has 0 radical (unpaired) electrons. The maximum atomic E-state index is 14.9. The molecule has 9 nitrogen and oxygen atoms in total. The zero-order valence-corrected chi connectivity index (χ0v) is 20.4. The number of anilines is 2. The van der Waals surface area contributed by atoms with E-state index >= 15 is 0 Å². The molecule has 1 saturated heterocycles. The molecule has 2 aromatic heterocycles. The van der Waals surface area contributed by atoms with E-state index in [0.717, 1.165) is 6.07 Å². The van der Waals surface area contributed by atoms with Gasteiger partial charge in [-0.05, 0) is 26.0 Å². The Morgan fingerprint density at radius 3 is 2.41 bits per heavy atom. The molecule has 0 spiro atoms. The summed E-state index contributed by atoms with van der Waals surface area (Å²) in [6, 6.07) is 6.24. The van der Waals surface area contributed by atoms with E-state index in [1.165, 1.54) is 19.2 Å². The summed E-state index contributed by atoms with van der Waals surface area (Å²) in [7, 11) is 1.36. The van der Waals surface area contributed by atoms with Crippen molar-refractivity contribution in [3.63, 3.8) is 0 Å². The SMILES string of the molecule is COc1nc(N[C@H](C)c2cccc(C(F)F)c2F)c(C2OCCO2)c(C(C)C(=O)Nc2ccncc2)n1. The van der Waals surface area contributed by atoms with Crippen molar-refractivity contribution in [1.29, 1.82) is 0 Å². The van der Waals surface area contributed by atoms with E-state index in [1.807, 2.05) is 0 Å². The first-order chi connectivity index (χ1) is 17.8. The molecule has 3 heterocycles. The number of nitrogens with zero attached hydrogens (tertiary/aromatic N) is 3. The number of halogens is 3. The molecule has 1 amide bonds. The van der Waals surface area contributed by atoms with Crippen molar-refractivity contribution in [1.82, 2.24) is 15.0 Å². The van der Waals surface area contributed by atoms with Crippen LogP contribution in [0.15, 0.2) is 42.7 Å². The standard InChI is InChI=1S/C25H26F3N5O4/c1-13(23(34)31-15-7-9-29-10-8-15)20-18(24-36-11-12-37-24)22(33-25(32-20)35-3)30-14(2)16-5-4-6-17(19(16)26)21(27)28/h4-10,13-14,21,24H,11-12H2,1-3H3,(H,29,31,34)(H,30,32,33)/t13?,14-/m1/s1. The minimum absolute atomic E-state index is 0.0135. The molecule has 0 bridgehead atoms. The predicted octanol–water partition coefficient (Wildman–Crippen LogP) is 4.92. The predicted molar refractivity (Wildman–Crippen MR) is 128 cm³/mol. The van der Waals surface area contributed by atoms with Gasteiger partial charge in [0.2, 0.25) is 5.91 Å². The third kappa shape index (κ3) is 5.81. The number of hydrogen-bond donors (Lipinski definition) is 2. The Morgan fingerprint density at radius 2 is 1.76 bits per heavy atom. The fourth-order valence-electron chi connectivity index (χ4n) is 3.92. The summed E-state index contributed by atoms with van der Waals surface area (Å²) < 4.78 is 58.1. The number of rotatable bonds is 9. The number of pyridine rings is 1. The minimum Gasteiger partial charge on any atom is -0.467 e. The van der Waals surface area contributed by atoms with E-state index in [-0.39, 0.29) is 29.0 Å². The van der Waals surface area contributed by atoms with Gasteiger partial charge in [0.15, 0.2) is 6.29 Å². The second-order valence-corrected chi connectivity index (χ2v) is 8.30. The highest BCUT2D eigenvalue weighted by Gasteiger charge is 2.33. The van der Waals surface area contributed by atoms with Crippen molar-refractivity contribution in [3.8, 4) is 6.01 Å². The van der Waals surface area contributed by atoms with Crippen LogP contribution in [0.3, 0.4) is 0 Å². The van der Waals surface area contributed by atoms with Gasteiger partial charge in [0.05, 0.1) is 49.1 Å². The largest absolute Gasteiger partial charge is 0.467 e. The number of hydrogen-bond acceptors (Lipinski definition) is 8. The number of carbonyl (C=O) groups is 1. The summed E-state index contributed by atoms with van der Waals surface area (Å²) in [6.07, 6.45) is -0.784. The van der Waals surface area contributed by atoms with Crippen LogP contribution in [-0.2, 0) is 14.3 Å². The lowest BCUT2D eigenvalue weighted by Crippen LogP contribution is -2.24. The smallest absolute Gasteiger partial charge is 0.318 e. The van der Waals surface area contributed by atoms with Gasteiger partial charge >= 0.3 is 6.01 Å². The third-order valence-electron chi connectivity index (χ3n) is 5.86. The molecule has 1 fully saturated rings. The molecule has 3 aromatic rings. The fraction of sp³-hybridized carbons (Fsp3) is 0.360. The van der Waals surface area contributed by atoms with Crippen LogP contribution in [0.2, 0.25) is 0 Å². The van der Waals surface area contributed by atoms with E-state index < -0.39 is 36.1 Å². The van der Waals surface area contributed by atoms with E-state index in [2.05, 4.69) is 25.6 Å². The topological polar surface area (TPSA) is 107 Å². The van der Waals surface area contributed by atoms with Crippen molar-refractivity contribution < 1.29 is 32.2 Å². The maximum absolute atomic E-state index is 14.9. The Balaban J connectivity index is 1.73. The van der Waals surface area contributed by atoms with Crippen molar-refractivity contribution >= 4 is 17.4 Å². The number of ether oxygens (including phenoxy) is 3. The zero-order valence-electron chi connectivity index (χ0n) is 20.4. The van der Waals surface area contributed by atoms with Crippen LogP contribution in [0.4, 0.5) is 24.7 Å². The number of nitrogens with one attached hydrogen (secondary N) is 2. The van der Waals surface area contributed by atoms with Gasteiger partial charge in [-0.1, -0.05) is 18.2 Å². The Kier molecular flexibility index (Phi) is 8.19. The first-order valence-electron chi connectivity index (χ1n) is 11.5. The Bertz CT molecular complexity index is 1240. The van der Waals surface area contributed by atoms with Crippen molar-refractivity contribution in [2.75, 3.05) is 31.0 Å². The van der Waals surface area contributed by atoms with Crippen LogP contribution >= 0.6 is 0 Å². The molecule has 4 rings (SSSR count). The molecule has 0 saturated carbocycles. The third-order valence-corrected chi connectivity index (χ3v) is 5.86. The van der Waals surface area contributed by atoms with Gasteiger partial charge in [0.1, 0.15) is 11.6 Å². The van der Waals surface area contributed by atoms with Gasteiger partial charge in [-0.2, -0.15) is 9.97 Å². The summed E-state index contributed by atoms with van der Waals surface area (Å²) in [5.74, 6) is -2.05. The number of carbonyl (C=O) groups excluding carboxylic acids is 1. The van der Waals surface area contributed by atoms with Crippen molar-refractivity contribution in [2.45, 2.75) is 38.5 Å². The second kappa shape index (κ2) is 11.5. The van der Waals surface area contributed by atoms with Gasteiger partial charge in [0, 0.05) is 23.6 Å². The van der Waals surface area contributed by atoms with Gasteiger partial charge in [0.25, 0.3) is 6.43 Å². The molecule has 0 aliphatic carbocycles. The molecule has 37 heavy (non-hydrogen) atoms. The highest BCUT2D eigenvalue weighted by atomic mass is 19.3. The first kappa shape index (κ1) is 26.3. The molecular weight excluding hydrogens is 491 g/mol. The molecule has 1 aliphatic heterocycles. The highest BCUT2D eigenvalue weighted by Crippen LogP contribution is 2.38. The summed E-state index contributed by atoms with van der Waals surface area (Å²) >= 11 is 0. The van der Waals surface area contributed by atoms with Gasteiger partial charge in [-0.3, -0.25) is 9.78 Å². The number of alkyl halides is 2. The van der Waals surface area contributed by atoms with Gasteiger partial charge in [-0.25, -0.2) is 13.2 Å². The Hall–Kier alpha value is -3.77. The van der Waals surface area contributed by atoms with E-state index in [9.17, 15) is 18.0 Å². The van der Waals surface area contributed by atoms with Crippen molar-refractivity contribution in [2.24, 2.45) is 0 Å². The van der Waals surface area contributed by atoms with Crippen LogP contribution in [0.25, 0.3) is 0 Å². The van der Waals surface area contributed by atoms with E-state index in [4.69, 9.17) is 14.2 Å². The van der Waals surface area contributed by atoms with Crippen LogP contribution in [0.1, 0.15) is 60.9 Å². The van der Waals surface area contributed by atoms with Gasteiger partial charge in [-0.15, -0.1) is 0 Å². The first-order valence-corrected chi connectivity index (χ1v) is 11.5. The Morgan fingerprint density at radius 1 is 1.08 bits per heavy atom. The quantitative estimate of drug-likeness (QED) is 0.412. The number of benzene rings is 1. The lowest BCUT2D eigenvalue weighted by Gasteiger charge is -2.24. The lowest BCUT2D eigenvalue weighted by atomic mass is 9.99. The number of methoxy groups -OCH3 is 1.